The molecule has 2 aromatic heterocycles. The molecule has 2 heterocycles. The zero-order valence-electron chi connectivity index (χ0n) is 17.8. The topological polar surface area (TPSA) is 129 Å². The highest BCUT2D eigenvalue weighted by atomic mass is 35.5. The van der Waals surface area contributed by atoms with Crippen molar-refractivity contribution in [1.82, 2.24) is 15.0 Å². The summed E-state index contributed by atoms with van der Waals surface area (Å²) in [5.74, 6) is 0.197. The third kappa shape index (κ3) is 5.36. The van der Waals surface area contributed by atoms with E-state index in [2.05, 4.69) is 10.5 Å². The Labute approximate surface area is 189 Å². The predicted octanol–water partition coefficient (Wildman–Crippen LogP) is 3.57. The van der Waals surface area contributed by atoms with Crippen molar-refractivity contribution in [2.24, 2.45) is 5.73 Å². The van der Waals surface area contributed by atoms with Crippen LogP contribution in [0.5, 0.6) is 0 Å². The first-order valence-electron chi connectivity index (χ1n) is 9.78. The number of carbonyl (C=O) groups excluding carboxylic acids is 3. The second kappa shape index (κ2) is 9.69. The number of nitrogens with zero attached hydrogens (tertiary/aromatic N) is 2. The Morgan fingerprint density at radius 2 is 1.88 bits per heavy atom. The highest BCUT2D eigenvalue weighted by molar-refractivity contribution is 6.30. The van der Waals surface area contributed by atoms with Gasteiger partial charge in [0.25, 0.3) is 0 Å². The maximum Gasteiger partial charge on any atom is 0.312 e. The third-order valence-corrected chi connectivity index (χ3v) is 5.15. The summed E-state index contributed by atoms with van der Waals surface area (Å²) in [6, 6.07) is 8.57. The Balaban J connectivity index is 1.67. The minimum atomic E-state index is -0.788. The molecular weight excluding hydrogens is 436 g/mol. The molecule has 10 heteroatoms. The van der Waals surface area contributed by atoms with Gasteiger partial charge in [-0.25, -0.2) is 4.79 Å². The number of carbonyl (C=O) groups is 3. The molecule has 3 N–H and O–H groups in total. The quantitative estimate of drug-likeness (QED) is 0.392. The van der Waals surface area contributed by atoms with Crippen LogP contribution in [0.3, 0.4) is 0 Å². The monoisotopic (exact) mass is 458 g/mol. The average Bonchev–Trinajstić information content (AvgIpc) is 3.28. The van der Waals surface area contributed by atoms with Crippen LogP contribution < -0.4 is 11.1 Å². The first-order valence-corrected chi connectivity index (χ1v) is 10.2. The predicted molar refractivity (Wildman–Crippen MR) is 117 cm³/mol. The van der Waals surface area contributed by atoms with Crippen LogP contribution in [0.25, 0.3) is 5.82 Å². The standard InChI is InChI=1S/C22H23ClN4O5/c1-12-8-17(14(3)27(12)20-9-13(2)32-26-20)19(28)11-31-21(29)10-18(25-22(24)30)15-4-6-16(23)7-5-15/h4-9,18H,10-11H2,1-3H3,(H3,24,25,30)/t18-/m0/s1. The minimum absolute atomic E-state index is 0.199. The molecule has 0 radical (unpaired) electrons. The van der Waals surface area contributed by atoms with Gasteiger partial charge in [0.15, 0.2) is 12.4 Å². The summed E-state index contributed by atoms with van der Waals surface area (Å²) in [7, 11) is 0. The van der Waals surface area contributed by atoms with Crippen molar-refractivity contribution in [3.8, 4) is 5.82 Å². The van der Waals surface area contributed by atoms with Gasteiger partial charge in [0, 0.05) is 28.0 Å². The second-order valence-corrected chi connectivity index (χ2v) is 7.75. The van der Waals surface area contributed by atoms with E-state index >= 15 is 0 Å². The molecule has 3 aromatic rings. The zero-order chi connectivity index (χ0) is 23.4. The molecule has 3 rings (SSSR count). The lowest BCUT2D eigenvalue weighted by atomic mass is 10.0. The van der Waals surface area contributed by atoms with Gasteiger partial charge in [-0.05, 0) is 44.5 Å². The Bertz CT molecular complexity index is 1150. The number of Topliss-reactive ketones (excluding diaryl/α,β-unsaturated/α-hetero) is 1. The molecule has 0 saturated heterocycles. The molecule has 0 bridgehead atoms. The Hall–Kier alpha value is -3.59. The van der Waals surface area contributed by atoms with E-state index in [1.807, 2.05) is 6.92 Å². The molecule has 0 unspecified atom stereocenters. The molecule has 1 aromatic carbocycles. The lowest BCUT2D eigenvalue weighted by molar-refractivity contribution is -0.143. The first-order chi connectivity index (χ1) is 15.2. The number of esters is 1. The van der Waals surface area contributed by atoms with Crippen molar-refractivity contribution in [3.63, 3.8) is 0 Å². The smallest absolute Gasteiger partial charge is 0.312 e. The van der Waals surface area contributed by atoms with Gasteiger partial charge in [0.2, 0.25) is 5.78 Å². The molecule has 0 fully saturated rings. The molecule has 168 valence electrons. The van der Waals surface area contributed by atoms with Gasteiger partial charge in [-0.1, -0.05) is 28.9 Å². The number of aromatic nitrogens is 2. The second-order valence-electron chi connectivity index (χ2n) is 7.32. The van der Waals surface area contributed by atoms with Crippen LogP contribution in [0.15, 0.2) is 40.9 Å². The van der Waals surface area contributed by atoms with Gasteiger partial charge >= 0.3 is 12.0 Å². The molecule has 0 aliphatic rings. The number of rotatable bonds is 8. The van der Waals surface area contributed by atoms with Gasteiger partial charge < -0.3 is 20.3 Å². The number of hydrogen-bond donors (Lipinski definition) is 2. The van der Waals surface area contributed by atoms with E-state index < -0.39 is 24.6 Å². The Morgan fingerprint density at radius 3 is 2.47 bits per heavy atom. The number of hydrogen-bond acceptors (Lipinski definition) is 6. The first kappa shape index (κ1) is 23.1. The van der Waals surface area contributed by atoms with Crippen LogP contribution in [-0.2, 0) is 9.53 Å². The van der Waals surface area contributed by atoms with Gasteiger partial charge in [0.05, 0.1) is 12.5 Å². The van der Waals surface area contributed by atoms with E-state index in [1.165, 1.54) is 0 Å². The number of nitrogens with two attached hydrogens (primary N) is 1. The summed E-state index contributed by atoms with van der Waals surface area (Å²) in [5, 5.41) is 6.99. The fourth-order valence-electron chi connectivity index (χ4n) is 3.42. The molecule has 32 heavy (non-hydrogen) atoms. The van der Waals surface area contributed by atoms with Crippen molar-refractivity contribution in [2.75, 3.05) is 6.61 Å². The summed E-state index contributed by atoms with van der Waals surface area (Å²) >= 11 is 5.88. The molecule has 9 nitrogen and oxygen atoms in total. The van der Waals surface area contributed by atoms with Crippen molar-refractivity contribution in [3.05, 3.63) is 69.7 Å². The van der Waals surface area contributed by atoms with Gasteiger partial charge in [-0.3, -0.25) is 14.2 Å². The van der Waals surface area contributed by atoms with Crippen molar-refractivity contribution in [1.29, 1.82) is 0 Å². The zero-order valence-corrected chi connectivity index (χ0v) is 18.6. The molecule has 0 aliphatic carbocycles. The number of primary amides is 1. The van der Waals surface area contributed by atoms with Crippen molar-refractivity contribution < 1.29 is 23.6 Å². The van der Waals surface area contributed by atoms with E-state index in [0.29, 0.717) is 33.4 Å². The van der Waals surface area contributed by atoms with Gasteiger partial charge in [-0.2, -0.15) is 0 Å². The number of urea groups is 1. The highest BCUT2D eigenvalue weighted by Gasteiger charge is 2.22. The van der Waals surface area contributed by atoms with Crippen LogP contribution in [0.4, 0.5) is 4.79 Å². The van der Waals surface area contributed by atoms with Crippen LogP contribution in [0.2, 0.25) is 5.02 Å². The lowest BCUT2D eigenvalue weighted by Gasteiger charge is -2.17. The summed E-state index contributed by atoms with van der Waals surface area (Å²) in [6.07, 6.45) is -0.199. The van der Waals surface area contributed by atoms with Gasteiger partial charge in [0.1, 0.15) is 5.76 Å². The van der Waals surface area contributed by atoms with E-state index in [1.54, 1.807) is 54.8 Å². The molecule has 0 saturated carbocycles. The molecule has 1 atom stereocenters. The van der Waals surface area contributed by atoms with Crippen LogP contribution in [0, 0.1) is 20.8 Å². The number of amides is 2. The van der Waals surface area contributed by atoms with Crippen molar-refractivity contribution in [2.45, 2.75) is 33.2 Å². The number of ketones is 1. The Kier molecular flexibility index (Phi) is 6.99. The summed E-state index contributed by atoms with van der Waals surface area (Å²) in [5.41, 5.74) is 7.71. The van der Waals surface area contributed by atoms with E-state index in [-0.39, 0.29) is 12.2 Å². The fourth-order valence-corrected chi connectivity index (χ4v) is 3.55. The molecular formula is C22H23ClN4O5. The molecule has 0 aliphatic heterocycles. The fraction of sp³-hybridized carbons (Fsp3) is 0.273. The SMILES string of the molecule is Cc1cc(-n2c(C)cc(C(=O)COC(=O)C[C@H](NC(N)=O)c3ccc(Cl)cc3)c2C)no1. The minimum Gasteiger partial charge on any atom is -0.457 e. The van der Waals surface area contributed by atoms with Gasteiger partial charge in [-0.15, -0.1) is 0 Å². The van der Waals surface area contributed by atoms with Crippen molar-refractivity contribution >= 4 is 29.4 Å². The van der Waals surface area contributed by atoms with Crippen LogP contribution in [-0.4, -0.2) is 34.1 Å². The number of halogens is 1. The number of nitrogens with one attached hydrogen (secondary N) is 1. The van der Waals surface area contributed by atoms with E-state index in [9.17, 15) is 14.4 Å². The van der Waals surface area contributed by atoms with Crippen LogP contribution >= 0.6 is 11.6 Å². The summed E-state index contributed by atoms with van der Waals surface area (Å²) < 4.78 is 12.1. The average molecular weight is 459 g/mol. The molecule has 0 spiro atoms. The summed E-state index contributed by atoms with van der Waals surface area (Å²) in [4.78, 5) is 36.4. The Morgan fingerprint density at radius 1 is 1.19 bits per heavy atom. The summed E-state index contributed by atoms with van der Waals surface area (Å²) in [6.45, 7) is 4.96. The van der Waals surface area contributed by atoms with E-state index in [0.717, 1.165) is 5.69 Å². The van der Waals surface area contributed by atoms with Crippen LogP contribution in [0.1, 0.15) is 45.5 Å². The number of ether oxygens (including phenoxy) is 1. The highest BCUT2D eigenvalue weighted by Crippen LogP contribution is 2.22. The normalized spacial score (nSPS) is 11.8. The largest absolute Gasteiger partial charge is 0.457 e. The van der Waals surface area contributed by atoms with E-state index in [4.69, 9.17) is 26.6 Å². The lowest BCUT2D eigenvalue weighted by Crippen LogP contribution is -2.34. The number of aryl methyl sites for hydroxylation is 2. The third-order valence-electron chi connectivity index (χ3n) is 4.90. The maximum atomic E-state index is 12.7. The molecule has 2 amide bonds. The number of benzene rings is 1. The maximum absolute atomic E-state index is 12.7.